The first kappa shape index (κ1) is 20.5. The smallest absolute Gasteiger partial charge is 0.328 e. The molecule has 1 saturated carbocycles. The van der Waals surface area contributed by atoms with Gasteiger partial charge in [0.15, 0.2) is 5.38 Å². The largest absolute Gasteiger partial charge is 0.463 e. The van der Waals surface area contributed by atoms with Crippen LogP contribution in [0.2, 0.25) is 5.02 Å². The summed E-state index contributed by atoms with van der Waals surface area (Å²) in [4.78, 5) is 14.4. The Morgan fingerprint density at radius 3 is 2.52 bits per heavy atom. The molecule has 1 aliphatic rings. The third-order valence-corrected chi connectivity index (χ3v) is 5.87. The molecule has 0 aliphatic heterocycles. The molecule has 1 aromatic rings. The number of likely N-dealkylation sites (N-methyl/N-ethyl adjacent to an activating group) is 1. The number of hydrogen-bond acceptors (Lipinski definition) is 3. The summed E-state index contributed by atoms with van der Waals surface area (Å²) in [5.74, 6) is 0.125. The van der Waals surface area contributed by atoms with Crippen molar-refractivity contribution in [1.82, 2.24) is 4.90 Å². The van der Waals surface area contributed by atoms with Crippen LogP contribution in [0.5, 0.6) is 0 Å². The van der Waals surface area contributed by atoms with Gasteiger partial charge < -0.3 is 9.64 Å². The molecule has 1 atom stereocenters. The minimum Gasteiger partial charge on any atom is -0.463 e. The first-order valence-corrected chi connectivity index (χ1v) is 10.2. The van der Waals surface area contributed by atoms with Crippen molar-refractivity contribution in [2.75, 3.05) is 26.2 Å². The molecule has 2 rings (SSSR count). The second-order valence-corrected chi connectivity index (χ2v) is 7.52. The number of nitrogens with zero attached hydrogens (tertiary/aromatic N) is 1. The number of hydrogen-bond donors (Lipinski definition) is 0. The fourth-order valence-electron chi connectivity index (χ4n) is 3.47. The lowest BCUT2D eigenvalue weighted by molar-refractivity contribution is -0.143. The molecule has 140 valence electrons. The van der Waals surface area contributed by atoms with Crippen molar-refractivity contribution in [1.29, 1.82) is 0 Å². The normalized spacial score (nSPS) is 16.8. The van der Waals surface area contributed by atoms with Gasteiger partial charge >= 0.3 is 5.97 Å². The predicted octanol–water partition coefficient (Wildman–Crippen LogP) is 5.55. The number of ether oxygens (including phenoxy) is 1. The van der Waals surface area contributed by atoms with Crippen LogP contribution in [-0.4, -0.2) is 37.1 Å². The van der Waals surface area contributed by atoms with Crippen molar-refractivity contribution >= 4 is 29.2 Å². The Labute approximate surface area is 161 Å². The summed E-state index contributed by atoms with van der Waals surface area (Å²) in [5, 5.41) is -0.0967. The van der Waals surface area contributed by atoms with E-state index in [9.17, 15) is 4.79 Å². The quantitative estimate of drug-likeness (QED) is 0.433. The SMILES string of the molecule is CCN(CC)CCOC(=O)C(Cl)c1ccc(C2CCCCC2)c(Cl)c1. The van der Waals surface area contributed by atoms with Gasteiger partial charge in [0.1, 0.15) is 6.61 Å². The molecular formula is C20H29Cl2NO2. The summed E-state index contributed by atoms with van der Waals surface area (Å²) in [7, 11) is 0. The molecular weight excluding hydrogens is 357 g/mol. The van der Waals surface area contributed by atoms with Crippen LogP contribution in [-0.2, 0) is 9.53 Å². The Morgan fingerprint density at radius 1 is 1.24 bits per heavy atom. The zero-order chi connectivity index (χ0) is 18.2. The summed E-state index contributed by atoms with van der Waals surface area (Å²) >= 11 is 12.8. The van der Waals surface area contributed by atoms with E-state index in [1.165, 1.54) is 37.7 Å². The van der Waals surface area contributed by atoms with Gasteiger partial charge in [-0.3, -0.25) is 4.79 Å². The van der Waals surface area contributed by atoms with Crippen molar-refractivity contribution in [3.05, 3.63) is 34.3 Å². The van der Waals surface area contributed by atoms with Crippen LogP contribution in [0.25, 0.3) is 0 Å². The van der Waals surface area contributed by atoms with E-state index in [2.05, 4.69) is 18.7 Å². The number of rotatable bonds is 8. The molecule has 25 heavy (non-hydrogen) atoms. The highest BCUT2D eigenvalue weighted by atomic mass is 35.5. The van der Waals surface area contributed by atoms with Crippen LogP contribution in [0.4, 0.5) is 0 Å². The maximum atomic E-state index is 12.2. The lowest BCUT2D eigenvalue weighted by atomic mass is 9.84. The Hall–Kier alpha value is -0.770. The molecule has 0 bridgehead atoms. The van der Waals surface area contributed by atoms with Crippen molar-refractivity contribution in [2.45, 2.75) is 57.2 Å². The lowest BCUT2D eigenvalue weighted by Gasteiger charge is -2.23. The highest BCUT2D eigenvalue weighted by Crippen LogP contribution is 2.37. The topological polar surface area (TPSA) is 29.5 Å². The summed E-state index contributed by atoms with van der Waals surface area (Å²) in [6.45, 7) is 7.14. The van der Waals surface area contributed by atoms with Crippen LogP contribution < -0.4 is 0 Å². The van der Waals surface area contributed by atoms with E-state index in [-0.39, 0.29) is 0 Å². The van der Waals surface area contributed by atoms with E-state index in [0.29, 0.717) is 23.1 Å². The van der Waals surface area contributed by atoms with Gasteiger partial charge in [0.05, 0.1) is 0 Å². The van der Waals surface area contributed by atoms with E-state index in [1.54, 1.807) is 0 Å². The van der Waals surface area contributed by atoms with Gasteiger partial charge in [-0.05, 0) is 49.0 Å². The first-order valence-electron chi connectivity index (χ1n) is 9.39. The van der Waals surface area contributed by atoms with Gasteiger partial charge in [0, 0.05) is 11.6 Å². The number of carbonyl (C=O) groups is 1. The zero-order valence-corrected chi connectivity index (χ0v) is 16.8. The van der Waals surface area contributed by atoms with Crippen LogP contribution in [0.1, 0.15) is 68.4 Å². The maximum Gasteiger partial charge on any atom is 0.328 e. The summed E-state index contributed by atoms with van der Waals surface area (Å²) in [6.07, 6.45) is 6.22. The molecule has 1 aromatic carbocycles. The maximum absolute atomic E-state index is 12.2. The molecule has 0 aromatic heterocycles. The molecule has 3 nitrogen and oxygen atoms in total. The molecule has 1 unspecified atom stereocenters. The molecule has 0 N–H and O–H groups in total. The molecule has 0 heterocycles. The van der Waals surface area contributed by atoms with Crippen LogP contribution in [0, 0.1) is 0 Å². The van der Waals surface area contributed by atoms with Gasteiger partial charge in [-0.1, -0.05) is 56.8 Å². The molecule has 0 radical (unpaired) electrons. The number of halogens is 2. The monoisotopic (exact) mass is 385 g/mol. The predicted molar refractivity (Wildman–Crippen MR) is 105 cm³/mol. The molecule has 0 spiro atoms. The zero-order valence-electron chi connectivity index (χ0n) is 15.3. The third kappa shape index (κ3) is 5.87. The number of carbonyl (C=O) groups excluding carboxylic acids is 1. The Kier molecular flexibility index (Phi) is 8.54. The highest BCUT2D eigenvalue weighted by molar-refractivity contribution is 6.32. The van der Waals surface area contributed by atoms with E-state index in [1.807, 2.05) is 18.2 Å². The van der Waals surface area contributed by atoms with Crippen molar-refractivity contribution in [3.8, 4) is 0 Å². The Balaban J connectivity index is 1.93. The van der Waals surface area contributed by atoms with Gasteiger partial charge in [-0.15, -0.1) is 11.6 Å². The number of benzene rings is 1. The van der Waals surface area contributed by atoms with Crippen molar-refractivity contribution in [3.63, 3.8) is 0 Å². The standard InChI is InChI=1S/C20H29Cl2NO2/c1-3-23(4-2)12-13-25-20(24)19(22)16-10-11-17(18(21)14-16)15-8-6-5-7-9-15/h10-11,14-15,19H,3-9,12-13H2,1-2H3. The highest BCUT2D eigenvalue weighted by Gasteiger charge is 2.23. The van der Waals surface area contributed by atoms with Crippen LogP contribution in [0.15, 0.2) is 18.2 Å². The third-order valence-electron chi connectivity index (χ3n) is 5.12. The fraction of sp³-hybridized carbons (Fsp3) is 0.650. The molecule has 0 amide bonds. The Bertz CT molecular complexity index is 555. The Morgan fingerprint density at radius 2 is 1.92 bits per heavy atom. The van der Waals surface area contributed by atoms with Gasteiger partial charge in [0.2, 0.25) is 0 Å². The van der Waals surface area contributed by atoms with Crippen LogP contribution >= 0.6 is 23.2 Å². The van der Waals surface area contributed by atoms with E-state index >= 15 is 0 Å². The lowest BCUT2D eigenvalue weighted by Crippen LogP contribution is -2.28. The van der Waals surface area contributed by atoms with Crippen molar-refractivity contribution in [2.24, 2.45) is 0 Å². The minimum absolute atomic E-state index is 0.359. The second-order valence-electron chi connectivity index (χ2n) is 6.67. The molecule has 1 fully saturated rings. The van der Waals surface area contributed by atoms with Gasteiger partial charge in [-0.2, -0.15) is 0 Å². The minimum atomic E-state index is -0.811. The fourth-order valence-corrected chi connectivity index (χ4v) is 4.01. The molecule has 5 heteroatoms. The summed E-state index contributed by atoms with van der Waals surface area (Å²) in [5.41, 5.74) is 1.89. The van der Waals surface area contributed by atoms with Crippen LogP contribution in [0.3, 0.4) is 0 Å². The average Bonchev–Trinajstić information content (AvgIpc) is 2.65. The van der Waals surface area contributed by atoms with Gasteiger partial charge in [-0.25, -0.2) is 0 Å². The number of esters is 1. The summed E-state index contributed by atoms with van der Waals surface area (Å²) < 4.78 is 5.32. The van der Waals surface area contributed by atoms with E-state index in [4.69, 9.17) is 27.9 Å². The van der Waals surface area contributed by atoms with E-state index in [0.717, 1.165) is 19.6 Å². The molecule has 0 saturated heterocycles. The number of alkyl halides is 1. The molecule has 1 aliphatic carbocycles. The van der Waals surface area contributed by atoms with Gasteiger partial charge in [0.25, 0.3) is 0 Å². The summed E-state index contributed by atoms with van der Waals surface area (Å²) in [6, 6.07) is 5.78. The second kappa shape index (κ2) is 10.4. The average molecular weight is 386 g/mol. The van der Waals surface area contributed by atoms with E-state index < -0.39 is 11.3 Å². The van der Waals surface area contributed by atoms with Crippen molar-refractivity contribution < 1.29 is 9.53 Å². The first-order chi connectivity index (χ1) is 12.1.